The smallest absolute Gasteiger partial charge is 0.222 e. The number of nitrogen functional groups attached to an aromatic ring is 2. The van der Waals surface area contributed by atoms with Gasteiger partial charge in [0.15, 0.2) is 0 Å². The molecule has 2 aromatic rings. The zero-order chi connectivity index (χ0) is 17.3. The van der Waals surface area contributed by atoms with Gasteiger partial charge in [0, 0.05) is 11.3 Å². The lowest BCUT2D eigenvalue weighted by atomic mass is 10.0. The van der Waals surface area contributed by atoms with Gasteiger partial charge >= 0.3 is 0 Å². The number of quaternary nitrogens is 1. The molecule has 4 N–H and O–H groups in total. The van der Waals surface area contributed by atoms with Crippen LogP contribution in [0.5, 0.6) is 0 Å². The molecule has 1 aromatic heterocycles. The summed E-state index contributed by atoms with van der Waals surface area (Å²) in [6, 6.07) is 8.54. The van der Waals surface area contributed by atoms with Gasteiger partial charge in [-0.05, 0) is 24.1 Å². The van der Waals surface area contributed by atoms with Crippen molar-refractivity contribution in [2.24, 2.45) is 0 Å². The number of aromatic nitrogens is 2. The third kappa shape index (κ3) is 4.33. The lowest BCUT2D eigenvalue weighted by Gasteiger charge is -2.40. The molecule has 0 unspecified atom stereocenters. The van der Waals surface area contributed by atoms with E-state index in [2.05, 4.69) is 53.2 Å². The van der Waals surface area contributed by atoms with Crippen molar-refractivity contribution in [1.82, 2.24) is 9.97 Å². The summed E-state index contributed by atoms with van der Waals surface area (Å²) < 4.78 is 1.09. The Morgan fingerprint density at radius 2 is 1.64 bits per heavy atom. The quantitative estimate of drug-likeness (QED) is 0.449. The molecule has 0 spiro atoms. The second kappa shape index (κ2) is 7.74. The molecule has 1 aromatic carbocycles. The van der Waals surface area contributed by atoms with Crippen molar-refractivity contribution in [3.8, 4) is 11.1 Å². The van der Waals surface area contributed by atoms with E-state index >= 15 is 0 Å². The molecular formula is C18H27IN6. The first-order valence-corrected chi connectivity index (χ1v) is 8.49. The highest BCUT2D eigenvalue weighted by atomic mass is 127. The molecule has 0 amide bonds. The van der Waals surface area contributed by atoms with Crippen molar-refractivity contribution in [2.45, 2.75) is 13.3 Å². The molecule has 6 nitrogen and oxygen atoms in total. The van der Waals surface area contributed by atoms with E-state index in [1.165, 1.54) is 18.8 Å². The number of nitrogens with two attached hydrogens (primary N) is 2. The summed E-state index contributed by atoms with van der Waals surface area (Å²) in [4.78, 5) is 10.9. The number of halogens is 1. The summed E-state index contributed by atoms with van der Waals surface area (Å²) in [6.07, 6.45) is 0.771. The third-order valence-corrected chi connectivity index (χ3v) is 4.84. The Morgan fingerprint density at radius 3 is 2.20 bits per heavy atom. The van der Waals surface area contributed by atoms with Crippen LogP contribution in [0.3, 0.4) is 0 Å². The first-order valence-electron chi connectivity index (χ1n) is 8.49. The molecule has 7 heteroatoms. The number of benzene rings is 1. The molecule has 136 valence electrons. The first kappa shape index (κ1) is 19.7. The summed E-state index contributed by atoms with van der Waals surface area (Å²) in [5, 5.41) is 0. The minimum absolute atomic E-state index is 0. The summed E-state index contributed by atoms with van der Waals surface area (Å²) in [6.45, 7) is 6.55. The second-order valence-corrected chi connectivity index (χ2v) is 7.06. The third-order valence-electron chi connectivity index (χ3n) is 4.84. The Bertz CT molecular complexity index is 719. The normalized spacial score (nSPS) is 16.4. The van der Waals surface area contributed by atoms with Gasteiger partial charge in [0.25, 0.3) is 0 Å². The average Bonchev–Trinajstić information content (AvgIpc) is 2.54. The van der Waals surface area contributed by atoms with Crippen LogP contribution in [0.2, 0.25) is 0 Å². The average molecular weight is 454 g/mol. The molecule has 1 aliphatic heterocycles. The molecule has 0 radical (unpaired) electrons. The predicted molar refractivity (Wildman–Crippen MR) is 99.7 cm³/mol. The topological polar surface area (TPSA) is 81.1 Å². The van der Waals surface area contributed by atoms with Crippen LogP contribution in [0.4, 0.5) is 17.5 Å². The molecule has 1 aliphatic rings. The summed E-state index contributed by atoms with van der Waals surface area (Å²) in [5.74, 6) is 0.683. The molecule has 0 saturated carbocycles. The van der Waals surface area contributed by atoms with Crippen LogP contribution < -0.4 is 40.3 Å². The van der Waals surface area contributed by atoms with Crippen LogP contribution >= 0.6 is 0 Å². The molecule has 25 heavy (non-hydrogen) atoms. The maximum atomic E-state index is 6.10. The molecule has 0 bridgehead atoms. The van der Waals surface area contributed by atoms with Crippen molar-refractivity contribution in [2.75, 3.05) is 56.6 Å². The van der Waals surface area contributed by atoms with E-state index in [9.17, 15) is 0 Å². The number of piperazine rings is 1. The minimum atomic E-state index is 0. The fourth-order valence-corrected chi connectivity index (χ4v) is 3.22. The van der Waals surface area contributed by atoms with Gasteiger partial charge in [-0.1, -0.05) is 19.1 Å². The van der Waals surface area contributed by atoms with Gasteiger partial charge in [-0.2, -0.15) is 4.98 Å². The van der Waals surface area contributed by atoms with Gasteiger partial charge in [-0.25, -0.2) is 4.98 Å². The van der Waals surface area contributed by atoms with Crippen LogP contribution in [-0.4, -0.2) is 54.7 Å². The number of anilines is 3. The highest BCUT2D eigenvalue weighted by Crippen LogP contribution is 2.30. The van der Waals surface area contributed by atoms with Crippen molar-refractivity contribution in [3.05, 3.63) is 30.0 Å². The zero-order valence-electron chi connectivity index (χ0n) is 15.2. The van der Waals surface area contributed by atoms with Gasteiger partial charge in [-0.3, -0.25) is 0 Å². The van der Waals surface area contributed by atoms with Crippen molar-refractivity contribution in [1.29, 1.82) is 0 Å². The Kier molecular flexibility index (Phi) is 6.10. The Balaban J connectivity index is 0.00000225. The highest BCUT2D eigenvalue weighted by molar-refractivity contribution is 5.77. The monoisotopic (exact) mass is 454 g/mol. The van der Waals surface area contributed by atoms with E-state index in [0.29, 0.717) is 5.82 Å². The molecular weight excluding hydrogens is 427 g/mol. The van der Waals surface area contributed by atoms with Crippen molar-refractivity contribution < 1.29 is 28.5 Å². The van der Waals surface area contributed by atoms with Gasteiger partial charge in [0.1, 0.15) is 5.82 Å². The van der Waals surface area contributed by atoms with E-state index < -0.39 is 0 Å². The fraction of sp³-hybridized carbons (Fsp3) is 0.444. The van der Waals surface area contributed by atoms with Crippen LogP contribution in [-0.2, 0) is 6.42 Å². The number of hydrogen-bond acceptors (Lipinski definition) is 5. The van der Waals surface area contributed by atoms with Crippen molar-refractivity contribution >= 4 is 17.5 Å². The lowest BCUT2D eigenvalue weighted by molar-refractivity contribution is -0.890. The summed E-state index contributed by atoms with van der Waals surface area (Å²) in [7, 11) is 4.58. The predicted octanol–water partition coefficient (Wildman–Crippen LogP) is -1.23. The fourth-order valence-electron chi connectivity index (χ4n) is 3.22. The van der Waals surface area contributed by atoms with Crippen LogP contribution in [0, 0.1) is 0 Å². The largest absolute Gasteiger partial charge is 1.00 e. The number of aryl methyl sites for hydroxylation is 1. The maximum absolute atomic E-state index is 6.10. The van der Waals surface area contributed by atoms with Crippen LogP contribution in [0.15, 0.2) is 24.3 Å². The molecule has 2 heterocycles. The number of nitrogens with zero attached hydrogens (tertiary/aromatic N) is 4. The van der Waals surface area contributed by atoms with Gasteiger partial charge in [-0.15, -0.1) is 0 Å². The molecule has 1 saturated heterocycles. The van der Waals surface area contributed by atoms with E-state index in [1.54, 1.807) is 0 Å². The molecule has 1 fully saturated rings. The Hall–Kier alpha value is -1.61. The summed E-state index contributed by atoms with van der Waals surface area (Å²) >= 11 is 0. The highest BCUT2D eigenvalue weighted by Gasteiger charge is 2.24. The van der Waals surface area contributed by atoms with Gasteiger partial charge < -0.3 is 44.8 Å². The standard InChI is InChI=1S/C18H27N6.HI/c1-4-15-16(17(19)22-18(20)21-15)13-5-7-14(8-6-13)23-9-11-24(2,3)12-10-23;/h5-8H,4,9-12H2,1-3H3,(H4,19,20,21,22);1H/q+1;/p-1. The zero-order valence-corrected chi connectivity index (χ0v) is 17.3. The molecule has 0 atom stereocenters. The number of likely N-dealkylation sites (N-methyl/N-ethyl adjacent to an activating group) is 1. The molecule has 3 rings (SSSR count). The van der Waals surface area contributed by atoms with E-state index in [4.69, 9.17) is 11.5 Å². The number of rotatable bonds is 3. The van der Waals surface area contributed by atoms with Crippen LogP contribution in [0.1, 0.15) is 12.6 Å². The molecule has 0 aliphatic carbocycles. The SMILES string of the molecule is CCc1nc(N)nc(N)c1-c1ccc(N2CC[N+](C)(C)CC2)cc1.[I-]. The van der Waals surface area contributed by atoms with Crippen LogP contribution in [0.25, 0.3) is 11.1 Å². The van der Waals surface area contributed by atoms with E-state index in [1.807, 2.05) is 6.92 Å². The first-order chi connectivity index (χ1) is 11.4. The van der Waals surface area contributed by atoms with Gasteiger partial charge in [0.05, 0.1) is 46.0 Å². The minimum Gasteiger partial charge on any atom is -1.00 e. The lowest BCUT2D eigenvalue weighted by Crippen LogP contribution is -3.00. The van der Waals surface area contributed by atoms with E-state index in [0.717, 1.165) is 40.8 Å². The van der Waals surface area contributed by atoms with E-state index in [-0.39, 0.29) is 29.9 Å². The van der Waals surface area contributed by atoms with Crippen molar-refractivity contribution in [3.63, 3.8) is 0 Å². The second-order valence-electron chi connectivity index (χ2n) is 7.06. The Labute approximate surface area is 166 Å². The maximum Gasteiger partial charge on any atom is 0.222 e. The summed E-state index contributed by atoms with van der Waals surface area (Å²) in [5.41, 5.74) is 15.9. The Morgan fingerprint density at radius 1 is 1.04 bits per heavy atom. The number of hydrogen-bond donors (Lipinski definition) is 2. The van der Waals surface area contributed by atoms with Gasteiger partial charge in [0.2, 0.25) is 5.95 Å².